The van der Waals surface area contributed by atoms with Gasteiger partial charge in [0.15, 0.2) is 0 Å². The van der Waals surface area contributed by atoms with Gasteiger partial charge in [0.25, 0.3) is 0 Å². The van der Waals surface area contributed by atoms with E-state index in [4.69, 9.17) is 14.6 Å². The van der Waals surface area contributed by atoms with Crippen LogP contribution in [0.3, 0.4) is 0 Å². The van der Waals surface area contributed by atoms with Crippen molar-refractivity contribution in [3.63, 3.8) is 0 Å². The lowest BCUT2D eigenvalue weighted by atomic mass is 9.88. The highest BCUT2D eigenvalue weighted by Crippen LogP contribution is 2.29. The van der Waals surface area contributed by atoms with Crippen LogP contribution in [0.25, 0.3) is 0 Å². The summed E-state index contributed by atoms with van der Waals surface area (Å²) in [5.41, 5.74) is 1.36. The van der Waals surface area contributed by atoms with Crippen LogP contribution in [0.4, 0.5) is 0 Å². The quantitative estimate of drug-likeness (QED) is 0.635. The Morgan fingerprint density at radius 3 is 2.31 bits per heavy atom. The van der Waals surface area contributed by atoms with Crippen molar-refractivity contribution in [3.05, 3.63) is 35.4 Å². The molecule has 2 atom stereocenters. The van der Waals surface area contributed by atoms with Crippen molar-refractivity contribution in [2.24, 2.45) is 5.92 Å². The third kappa shape index (κ3) is 6.53. The summed E-state index contributed by atoms with van der Waals surface area (Å²) in [6.45, 7) is 6.48. The molecule has 2 saturated heterocycles. The van der Waals surface area contributed by atoms with E-state index < -0.39 is 18.1 Å². The van der Waals surface area contributed by atoms with E-state index in [1.54, 1.807) is 17.0 Å². The summed E-state index contributed by atoms with van der Waals surface area (Å²) in [5, 5.41) is 11.9. The van der Waals surface area contributed by atoms with Gasteiger partial charge in [-0.25, -0.2) is 4.79 Å². The van der Waals surface area contributed by atoms with Gasteiger partial charge in [0, 0.05) is 33.2 Å². The fourth-order valence-corrected chi connectivity index (χ4v) is 4.42. The SMILES string of the molecule is CC(=O)NC(C(=O)N1CCC(c2ccc(C(=O)O)cc2)CC1)[C@@H](C)OCC1CCOCC1. The van der Waals surface area contributed by atoms with E-state index in [0.29, 0.717) is 25.6 Å². The molecular weight excluding hydrogens is 412 g/mol. The molecule has 2 fully saturated rings. The van der Waals surface area contributed by atoms with Gasteiger partial charge in [-0.2, -0.15) is 0 Å². The van der Waals surface area contributed by atoms with E-state index in [9.17, 15) is 14.4 Å². The number of carboxylic acid groups (broad SMARTS) is 1. The zero-order chi connectivity index (χ0) is 23.1. The van der Waals surface area contributed by atoms with Crippen LogP contribution >= 0.6 is 0 Å². The Bertz CT molecular complexity index is 782. The number of hydrogen-bond acceptors (Lipinski definition) is 5. The monoisotopic (exact) mass is 446 g/mol. The number of nitrogens with one attached hydrogen (secondary N) is 1. The van der Waals surface area contributed by atoms with Gasteiger partial charge in [0.1, 0.15) is 6.04 Å². The van der Waals surface area contributed by atoms with E-state index >= 15 is 0 Å². The molecule has 8 nitrogen and oxygen atoms in total. The fourth-order valence-electron chi connectivity index (χ4n) is 4.42. The number of hydrogen-bond donors (Lipinski definition) is 2. The number of rotatable bonds is 8. The van der Waals surface area contributed by atoms with Crippen molar-refractivity contribution in [1.82, 2.24) is 10.2 Å². The van der Waals surface area contributed by atoms with E-state index in [-0.39, 0.29) is 23.3 Å². The topological polar surface area (TPSA) is 105 Å². The van der Waals surface area contributed by atoms with Crippen molar-refractivity contribution in [2.75, 3.05) is 32.9 Å². The second-order valence-electron chi connectivity index (χ2n) is 8.80. The molecular formula is C24H34N2O6. The predicted molar refractivity (Wildman–Crippen MR) is 119 cm³/mol. The number of carbonyl (C=O) groups is 3. The molecule has 0 bridgehead atoms. The molecule has 2 amide bonds. The minimum Gasteiger partial charge on any atom is -0.478 e. The lowest BCUT2D eigenvalue weighted by Crippen LogP contribution is -2.55. The molecule has 0 radical (unpaired) electrons. The minimum absolute atomic E-state index is 0.112. The molecule has 8 heteroatoms. The number of ether oxygens (including phenoxy) is 2. The van der Waals surface area contributed by atoms with Crippen molar-refractivity contribution in [1.29, 1.82) is 0 Å². The number of benzene rings is 1. The summed E-state index contributed by atoms with van der Waals surface area (Å²) in [6.07, 6.45) is 3.07. The van der Waals surface area contributed by atoms with Gasteiger partial charge in [-0.3, -0.25) is 9.59 Å². The first-order valence-corrected chi connectivity index (χ1v) is 11.4. The maximum absolute atomic E-state index is 13.2. The second-order valence-corrected chi connectivity index (χ2v) is 8.80. The van der Waals surface area contributed by atoms with Gasteiger partial charge < -0.3 is 24.8 Å². The van der Waals surface area contributed by atoms with Gasteiger partial charge in [-0.1, -0.05) is 12.1 Å². The van der Waals surface area contributed by atoms with Gasteiger partial charge in [-0.15, -0.1) is 0 Å². The first-order valence-electron chi connectivity index (χ1n) is 11.4. The van der Waals surface area contributed by atoms with Crippen LogP contribution in [-0.2, 0) is 19.1 Å². The maximum atomic E-state index is 13.2. The number of amides is 2. The Morgan fingerprint density at radius 1 is 1.12 bits per heavy atom. The molecule has 0 aliphatic carbocycles. The highest BCUT2D eigenvalue weighted by atomic mass is 16.5. The lowest BCUT2D eigenvalue weighted by Gasteiger charge is -2.36. The Hall–Kier alpha value is -2.45. The highest BCUT2D eigenvalue weighted by Gasteiger charge is 2.33. The molecule has 0 spiro atoms. The molecule has 0 aromatic heterocycles. The van der Waals surface area contributed by atoms with Crippen molar-refractivity contribution < 1.29 is 29.0 Å². The van der Waals surface area contributed by atoms with Crippen LogP contribution in [-0.4, -0.2) is 72.8 Å². The Labute approximate surface area is 189 Å². The van der Waals surface area contributed by atoms with Crippen LogP contribution in [0.1, 0.15) is 61.4 Å². The van der Waals surface area contributed by atoms with Crippen molar-refractivity contribution >= 4 is 17.8 Å². The summed E-state index contributed by atoms with van der Waals surface area (Å²) in [6, 6.07) is 6.26. The molecule has 1 unspecified atom stereocenters. The normalized spacial score (nSPS) is 19.9. The smallest absolute Gasteiger partial charge is 0.335 e. The lowest BCUT2D eigenvalue weighted by molar-refractivity contribution is -0.142. The summed E-state index contributed by atoms with van der Waals surface area (Å²) in [4.78, 5) is 37.9. The summed E-state index contributed by atoms with van der Waals surface area (Å²) in [5.74, 6) is -0.599. The molecule has 2 aliphatic rings. The van der Waals surface area contributed by atoms with Crippen molar-refractivity contribution in [3.8, 4) is 0 Å². The second kappa shape index (κ2) is 11.4. The number of carboxylic acids is 1. The summed E-state index contributed by atoms with van der Waals surface area (Å²) >= 11 is 0. The van der Waals surface area contributed by atoms with Crippen LogP contribution < -0.4 is 5.32 Å². The van der Waals surface area contributed by atoms with Crippen LogP contribution in [0, 0.1) is 5.92 Å². The molecule has 0 saturated carbocycles. The Balaban J connectivity index is 1.55. The van der Waals surface area contributed by atoms with Gasteiger partial charge in [0.05, 0.1) is 18.3 Å². The van der Waals surface area contributed by atoms with Gasteiger partial charge in [-0.05, 0) is 62.1 Å². The van der Waals surface area contributed by atoms with Crippen LogP contribution in [0.5, 0.6) is 0 Å². The van der Waals surface area contributed by atoms with Crippen molar-refractivity contribution in [2.45, 2.75) is 57.6 Å². The Morgan fingerprint density at radius 2 is 1.75 bits per heavy atom. The third-order valence-electron chi connectivity index (χ3n) is 6.47. The zero-order valence-electron chi connectivity index (χ0n) is 18.9. The number of carbonyl (C=O) groups excluding carboxylic acids is 2. The summed E-state index contributed by atoms with van der Waals surface area (Å²) in [7, 11) is 0. The van der Waals surface area contributed by atoms with Gasteiger partial charge in [0.2, 0.25) is 11.8 Å². The zero-order valence-corrected chi connectivity index (χ0v) is 18.9. The van der Waals surface area contributed by atoms with Crippen LogP contribution in [0.15, 0.2) is 24.3 Å². The molecule has 2 N–H and O–H groups in total. The number of nitrogens with zero attached hydrogens (tertiary/aromatic N) is 1. The van der Waals surface area contributed by atoms with E-state index in [0.717, 1.165) is 44.5 Å². The molecule has 176 valence electrons. The molecule has 2 aliphatic heterocycles. The van der Waals surface area contributed by atoms with Crippen LogP contribution in [0.2, 0.25) is 0 Å². The number of piperidine rings is 1. The first kappa shape index (κ1) is 24.2. The fraction of sp³-hybridized carbons (Fsp3) is 0.625. The minimum atomic E-state index is -0.936. The largest absolute Gasteiger partial charge is 0.478 e. The average Bonchev–Trinajstić information content (AvgIpc) is 2.81. The Kier molecular flexibility index (Phi) is 8.64. The molecule has 1 aromatic rings. The summed E-state index contributed by atoms with van der Waals surface area (Å²) < 4.78 is 11.4. The van der Waals surface area contributed by atoms with E-state index in [1.165, 1.54) is 6.92 Å². The molecule has 2 heterocycles. The predicted octanol–water partition coefficient (Wildman–Crippen LogP) is 2.43. The van der Waals surface area contributed by atoms with Gasteiger partial charge >= 0.3 is 5.97 Å². The number of likely N-dealkylation sites (tertiary alicyclic amines) is 1. The van der Waals surface area contributed by atoms with E-state index in [1.807, 2.05) is 19.1 Å². The van der Waals surface area contributed by atoms with E-state index in [2.05, 4.69) is 5.32 Å². The molecule has 32 heavy (non-hydrogen) atoms. The molecule has 1 aromatic carbocycles. The molecule has 3 rings (SSSR count). The third-order valence-corrected chi connectivity index (χ3v) is 6.47. The highest BCUT2D eigenvalue weighted by molar-refractivity contribution is 5.88. The maximum Gasteiger partial charge on any atom is 0.335 e. The average molecular weight is 447 g/mol. The number of aromatic carboxylic acids is 1. The standard InChI is InChI=1S/C24H34N2O6/c1-16(32-15-18-9-13-31-14-10-18)22(25-17(2)27)23(28)26-11-7-20(8-12-26)19-3-5-21(6-4-19)24(29)30/h3-6,16,18,20,22H,7-15H2,1-2H3,(H,25,27)(H,29,30)/t16-,22?/m1/s1. The first-order chi connectivity index (χ1) is 15.3.